The molecule has 0 radical (unpaired) electrons. The molecule has 174 valence electrons. The maximum Gasteiger partial charge on any atom is 0.339 e. The first-order valence-corrected chi connectivity index (χ1v) is 11.5. The van der Waals surface area contributed by atoms with E-state index in [2.05, 4.69) is 0 Å². The van der Waals surface area contributed by atoms with Crippen molar-refractivity contribution in [3.8, 4) is 45.4 Å². The summed E-state index contributed by atoms with van der Waals surface area (Å²) >= 11 is 0. The van der Waals surface area contributed by atoms with E-state index in [9.17, 15) is 4.79 Å². The first kappa shape index (κ1) is 21.5. The Bertz CT molecular complexity index is 1660. The molecule has 0 atom stereocenters. The predicted octanol–water partition coefficient (Wildman–Crippen LogP) is 8.30. The minimum Gasteiger partial charge on any atom is -0.457 e. The highest BCUT2D eigenvalue weighted by molar-refractivity contribution is 5.93. The van der Waals surface area contributed by atoms with Gasteiger partial charge in [0.15, 0.2) is 0 Å². The zero-order valence-corrected chi connectivity index (χ0v) is 19.1. The maximum atomic E-state index is 12.3. The van der Waals surface area contributed by atoms with Gasteiger partial charge in [0.1, 0.15) is 28.8 Å². The Morgan fingerprint density at radius 3 is 1.56 bits per heavy atom. The Hall–Kier alpha value is -5.03. The molecule has 5 nitrogen and oxygen atoms in total. The molecule has 0 aliphatic heterocycles. The molecule has 0 saturated heterocycles. The summed E-state index contributed by atoms with van der Waals surface area (Å²) in [4.78, 5) is 12.3. The van der Waals surface area contributed by atoms with E-state index in [-0.39, 0.29) is 5.78 Å². The molecule has 0 aliphatic carbocycles. The number of hydrogen-bond acceptors (Lipinski definition) is 5. The highest BCUT2D eigenvalue weighted by Crippen LogP contribution is 2.35. The summed E-state index contributed by atoms with van der Waals surface area (Å²) in [7, 11) is 0. The molecular formula is C31H20O5. The molecule has 4 aromatic carbocycles. The topological polar surface area (TPSA) is 61.8 Å². The average Bonchev–Trinajstić information content (AvgIpc) is 3.34. The lowest BCUT2D eigenvalue weighted by molar-refractivity contribution is 0.456. The van der Waals surface area contributed by atoms with E-state index in [0.29, 0.717) is 22.6 Å². The van der Waals surface area contributed by atoms with E-state index in [1.165, 1.54) is 6.07 Å². The molecule has 5 heteroatoms. The Balaban J connectivity index is 1.29. The maximum absolute atomic E-state index is 12.3. The third kappa shape index (κ3) is 4.50. The van der Waals surface area contributed by atoms with Crippen LogP contribution in [0.3, 0.4) is 0 Å². The van der Waals surface area contributed by atoms with Crippen molar-refractivity contribution in [1.82, 2.24) is 0 Å². The second kappa shape index (κ2) is 9.31. The van der Waals surface area contributed by atoms with Gasteiger partial charge < -0.3 is 18.3 Å². The van der Waals surface area contributed by atoms with Crippen LogP contribution in [0.2, 0.25) is 0 Å². The molecule has 0 bridgehead atoms. The van der Waals surface area contributed by atoms with E-state index >= 15 is 0 Å². The second-order valence-electron chi connectivity index (χ2n) is 8.17. The van der Waals surface area contributed by atoms with Crippen molar-refractivity contribution in [2.75, 3.05) is 0 Å². The summed E-state index contributed by atoms with van der Waals surface area (Å²) in [6.45, 7) is 0. The van der Waals surface area contributed by atoms with Gasteiger partial charge in [-0.1, -0.05) is 48.5 Å². The van der Waals surface area contributed by atoms with Gasteiger partial charge in [-0.25, -0.2) is 4.79 Å². The van der Waals surface area contributed by atoms with Crippen molar-refractivity contribution in [3.05, 3.63) is 132 Å². The number of benzene rings is 4. The lowest BCUT2D eigenvalue weighted by Crippen LogP contribution is -1.96. The lowest BCUT2D eigenvalue weighted by Gasteiger charge is -2.07. The molecule has 0 saturated carbocycles. The van der Waals surface area contributed by atoms with Crippen molar-refractivity contribution in [2.45, 2.75) is 0 Å². The largest absolute Gasteiger partial charge is 0.457 e. The Morgan fingerprint density at radius 1 is 0.500 bits per heavy atom. The molecule has 2 heterocycles. The van der Waals surface area contributed by atoms with Crippen LogP contribution in [-0.4, -0.2) is 0 Å². The van der Waals surface area contributed by atoms with Gasteiger partial charge in [0, 0.05) is 17.2 Å². The van der Waals surface area contributed by atoms with Gasteiger partial charge >= 0.3 is 11.4 Å². The van der Waals surface area contributed by atoms with Crippen LogP contribution in [0.15, 0.2) is 135 Å². The summed E-state index contributed by atoms with van der Waals surface area (Å²) in [5, 5.41) is 0.714. The summed E-state index contributed by atoms with van der Waals surface area (Å²) < 4.78 is 23.0. The number of para-hydroxylation sites is 2. The van der Waals surface area contributed by atoms with E-state index in [4.69, 9.17) is 18.3 Å². The molecule has 6 rings (SSSR count). The second-order valence-corrected chi connectivity index (χ2v) is 8.17. The van der Waals surface area contributed by atoms with Crippen molar-refractivity contribution >= 4 is 11.2 Å². The van der Waals surface area contributed by atoms with Gasteiger partial charge in [-0.05, 0) is 72.3 Å². The fourth-order valence-electron chi connectivity index (χ4n) is 3.97. The standard InChI is InChI=1S/C31H20O5/c32-30-20-27(21-11-15-25(16-12-21)33-23-7-3-1-4-8-23)28-19-29(35-31(28)36-30)22-13-17-26(18-14-22)34-24-9-5-2-6-10-24/h1-20H. The van der Waals surface area contributed by atoms with Crippen LogP contribution in [0.1, 0.15) is 0 Å². The van der Waals surface area contributed by atoms with Gasteiger partial charge in [-0.15, -0.1) is 0 Å². The van der Waals surface area contributed by atoms with Crippen LogP contribution in [0, 0.1) is 0 Å². The normalized spacial score (nSPS) is 10.9. The molecule has 0 aliphatic rings. The van der Waals surface area contributed by atoms with Crippen LogP contribution in [0.5, 0.6) is 23.0 Å². The lowest BCUT2D eigenvalue weighted by atomic mass is 10.0. The molecule has 36 heavy (non-hydrogen) atoms. The number of furan rings is 1. The van der Waals surface area contributed by atoms with Crippen molar-refractivity contribution < 1.29 is 18.3 Å². The highest BCUT2D eigenvalue weighted by Gasteiger charge is 2.15. The number of rotatable bonds is 6. The highest BCUT2D eigenvalue weighted by atomic mass is 16.5. The number of fused-ring (bicyclic) bond motifs is 1. The average molecular weight is 472 g/mol. The van der Waals surface area contributed by atoms with Crippen molar-refractivity contribution in [3.63, 3.8) is 0 Å². The fourth-order valence-corrected chi connectivity index (χ4v) is 3.97. The smallest absolute Gasteiger partial charge is 0.339 e. The number of ether oxygens (including phenoxy) is 2. The first-order valence-electron chi connectivity index (χ1n) is 11.5. The molecule has 0 unspecified atom stereocenters. The molecule has 0 fully saturated rings. The molecule has 2 aromatic heterocycles. The van der Waals surface area contributed by atoms with Gasteiger partial charge in [-0.3, -0.25) is 0 Å². The van der Waals surface area contributed by atoms with Gasteiger partial charge in [0.05, 0.1) is 5.39 Å². The SMILES string of the molecule is O=c1cc(-c2ccc(Oc3ccccc3)cc2)c2cc(-c3ccc(Oc4ccccc4)cc3)oc2o1. The minimum absolute atomic E-state index is 0.182. The van der Waals surface area contributed by atoms with Crippen LogP contribution in [0.4, 0.5) is 0 Å². The monoisotopic (exact) mass is 472 g/mol. The molecule has 0 amide bonds. The summed E-state index contributed by atoms with van der Waals surface area (Å²) in [6.07, 6.45) is 0. The molecular weight excluding hydrogens is 452 g/mol. The Morgan fingerprint density at radius 2 is 1.00 bits per heavy atom. The van der Waals surface area contributed by atoms with E-state index in [1.807, 2.05) is 115 Å². The predicted molar refractivity (Wildman–Crippen MR) is 139 cm³/mol. The molecule has 0 N–H and O–H groups in total. The number of hydrogen-bond donors (Lipinski definition) is 0. The summed E-state index contributed by atoms with van der Waals surface area (Å²) in [6, 6.07) is 37.6. The van der Waals surface area contributed by atoms with Crippen LogP contribution >= 0.6 is 0 Å². The van der Waals surface area contributed by atoms with Crippen LogP contribution in [0.25, 0.3) is 33.6 Å². The Labute approximate surface area is 206 Å². The zero-order valence-electron chi connectivity index (χ0n) is 19.1. The third-order valence-corrected chi connectivity index (χ3v) is 5.71. The minimum atomic E-state index is -0.477. The first-order chi connectivity index (χ1) is 17.7. The van der Waals surface area contributed by atoms with E-state index in [1.54, 1.807) is 0 Å². The van der Waals surface area contributed by atoms with Gasteiger partial charge in [0.25, 0.3) is 0 Å². The zero-order chi connectivity index (χ0) is 24.3. The van der Waals surface area contributed by atoms with E-state index < -0.39 is 5.63 Å². The summed E-state index contributed by atoms with van der Waals surface area (Å²) in [5.41, 5.74) is 1.94. The van der Waals surface area contributed by atoms with Gasteiger partial charge in [0.2, 0.25) is 0 Å². The summed E-state index contributed by atoms with van der Waals surface area (Å²) in [5.74, 6) is 3.71. The van der Waals surface area contributed by atoms with E-state index in [0.717, 1.165) is 28.2 Å². The van der Waals surface area contributed by atoms with Crippen molar-refractivity contribution in [1.29, 1.82) is 0 Å². The Kier molecular flexibility index (Phi) is 5.56. The van der Waals surface area contributed by atoms with Gasteiger partial charge in [-0.2, -0.15) is 0 Å². The van der Waals surface area contributed by atoms with Crippen LogP contribution in [-0.2, 0) is 0 Å². The third-order valence-electron chi connectivity index (χ3n) is 5.71. The molecule has 0 spiro atoms. The quantitative estimate of drug-likeness (QED) is 0.244. The molecule has 6 aromatic rings. The fraction of sp³-hybridized carbons (Fsp3) is 0. The van der Waals surface area contributed by atoms with Crippen LogP contribution < -0.4 is 15.1 Å². The van der Waals surface area contributed by atoms with Crippen molar-refractivity contribution in [2.24, 2.45) is 0 Å².